The summed E-state index contributed by atoms with van der Waals surface area (Å²) in [7, 11) is -0.522. The summed E-state index contributed by atoms with van der Waals surface area (Å²) in [6, 6.07) is 3.32. The van der Waals surface area contributed by atoms with Gasteiger partial charge in [-0.15, -0.1) is 0 Å². The highest BCUT2D eigenvalue weighted by atomic mass is 16.7. The van der Waals surface area contributed by atoms with Gasteiger partial charge in [0.1, 0.15) is 6.04 Å². The number of nitrogens with two attached hydrogens (primary N) is 3. The number of hydrogen-bond acceptors (Lipinski definition) is 11. The van der Waals surface area contributed by atoms with E-state index < -0.39 is 60.3 Å². The molecule has 14 heteroatoms. The van der Waals surface area contributed by atoms with Crippen LogP contribution in [0.1, 0.15) is 173 Å². The lowest BCUT2D eigenvalue weighted by Crippen LogP contribution is -2.65. The third-order valence-electron chi connectivity index (χ3n) is 15.7. The Morgan fingerprint density at radius 1 is 0.873 bits per heavy atom. The summed E-state index contributed by atoms with van der Waals surface area (Å²) in [6.07, 6.45) is 10.7. The molecule has 1 heterocycles. The Kier molecular flexibility index (Phi) is 18.0. The lowest BCUT2D eigenvalue weighted by molar-refractivity contribution is -0.199. The number of aliphatic hydroxyl groups excluding tert-OH is 1. The fraction of sp³-hybridized carbons (Fsp3) is 0.776. The van der Waals surface area contributed by atoms with Crippen molar-refractivity contribution < 1.29 is 38.4 Å². The molecule has 0 radical (unpaired) electrons. The summed E-state index contributed by atoms with van der Waals surface area (Å²) in [6.45, 7) is 14.5. The molecule has 1 aliphatic heterocycles. The summed E-state index contributed by atoms with van der Waals surface area (Å²) in [5.41, 5.74) is 20.0. The van der Waals surface area contributed by atoms with E-state index in [0.29, 0.717) is 54.8 Å². The molecule has 2 amide bonds. The van der Waals surface area contributed by atoms with Crippen molar-refractivity contribution in [2.75, 3.05) is 18.8 Å². The number of rotatable bonds is 25. The fourth-order valence-corrected chi connectivity index (χ4v) is 11.3. The second-order valence-electron chi connectivity index (χ2n) is 20.7. The number of anilines is 1. The zero-order valence-corrected chi connectivity index (χ0v) is 39.4. The van der Waals surface area contributed by atoms with Crippen LogP contribution in [-0.4, -0.2) is 84.4 Å². The molecule has 1 unspecified atom stereocenters. The van der Waals surface area contributed by atoms with Crippen molar-refractivity contribution in [2.24, 2.45) is 46.5 Å². The Labute approximate surface area is 377 Å². The highest BCUT2D eigenvalue weighted by Gasteiger charge is 2.68. The van der Waals surface area contributed by atoms with Gasteiger partial charge in [0.2, 0.25) is 11.8 Å². The van der Waals surface area contributed by atoms with E-state index in [0.717, 1.165) is 37.2 Å². The van der Waals surface area contributed by atoms with Crippen LogP contribution in [-0.2, 0) is 28.5 Å². The number of aliphatic hydroxyl groups is 1. The molecule has 63 heavy (non-hydrogen) atoms. The van der Waals surface area contributed by atoms with Gasteiger partial charge in [-0.05, 0) is 138 Å². The third kappa shape index (κ3) is 12.2. The van der Waals surface area contributed by atoms with Crippen LogP contribution in [0.5, 0.6) is 0 Å². The van der Waals surface area contributed by atoms with E-state index >= 15 is 0 Å². The molecule has 5 fully saturated rings. The van der Waals surface area contributed by atoms with E-state index in [1.807, 2.05) is 13.0 Å². The number of Topliss-reactive ketones (excluding diaryl/α,β-unsaturated/α-hetero) is 3. The predicted octanol–water partition coefficient (Wildman–Crippen LogP) is 6.42. The normalized spacial score (nSPS) is 27.8. The maximum absolute atomic E-state index is 13.8. The van der Waals surface area contributed by atoms with Gasteiger partial charge < -0.3 is 42.2 Å². The van der Waals surface area contributed by atoms with Crippen molar-refractivity contribution in [3.8, 4) is 0 Å². The molecule has 352 valence electrons. The Morgan fingerprint density at radius 2 is 1.59 bits per heavy atom. The van der Waals surface area contributed by atoms with E-state index in [1.165, 1.54) is 39.0 Å². The number of hydrogen-bond donors (Lipinski definition) is 6. The third-order valence-corrected chi connectivity index (χ3v) is 15.7. The van der Waals surface area contributed by atoms with Gasteiger partial charge in [-0.3, -0.25) is 24.0 Å². The standard InChI is InChI=1S/C49H80BN5O8/c1-8-9-12-32-14-16-33(17-15-32)37-19-18-34(25-38(37)53)40(57)26-35(20-22-52)47(61)55-45(31(4)56)42(59)23-29(2)46(60)54-39(13-10-11-21-51)41(58)24-30(3)50-62-44-28-36-27-43(48(36,5)6)49(44,7)63-50/h18-19,25,29-33,35-36,39,43-45,56H,8-17,20-24,26-28,51-53H2,1-7H3,(H,54,60)(H,55,61)/t29-,30-,31-,32?,33?,35-,36+,39+,43+,44?,45+,49+/m1/s1. The first kappa shape index (κ1) is 50.8. The highest BCUT2D eigenvalue weighted by Crippen LogP contribution is 2.66. The molecule has 5 aliphatic rings. The molecule has 1 aromatic carbocycles. The van der Waals surface area contributed by atoms with Crippen molar-refractivity contribution >= 4 is 42.0 Å². The Bertz CT molecular complexity index is 1750. The van der Waals surface area contributed by atoms with Gasteiger partial charge in [0, 0.05) is 42.3 Å². The first-order chi connectivity index (χ1) is 29.8. The monoisotopic (exact) mass is 878 g/mol. The lowest BCUT2D eigenvalue weighted by atomic mass is 9.43. The number of nitrogens with one attached hydrogen (secondary N) is 2. The first-order valence-electron chi connectivity index (χ1n) is 24.3. The first-order valence-corrected chi connectivity index (χ1v) is 24.3. The van der Waals surface area contributed by atoms with Crippen LogP contribution < -0.4 is 27.8 Å². The molecule has 10 atom stereocenters. The zero-order chi connectivity index (χ0) is 46.2. The van der Waals surface area contributed by atoms with Gasteiger partial charge in [-0.25, -0.2) is 0 Å². The molecule has 0 aromatic heterocycles. The van der Waals surface area contributed by atoms with Crippen LogP contribution >= 0.6 is 0 Å². The molecule has 6 rings (SSSR count). The van der Waals surface area contributed by atoms with Crippen molar-refractivity contribution in [2.45, 2.75) is 193 Å². The van der Waals surface area contributed by atoms with E-state index in [2.05, 4.69) is 38.3 Å². The van der Waals surface area contributed by atoms with Crippen LogP contribution in [0, 0.1) is 35.0 Å². The minimum Gasteiger partial charge on any atom is -0.405 e. The molecule has 4 aliphatic carbocycles. The lowest BCUT2D eigenvalue weighted by Gasteiger charge is -2.64. The summed E-state index contributed by atoms with van der Waals surface area (Å²) >= 11 is 0. The minimum atomic E-state index is -1.33. The van der Waals surface area contributed by atoms with Gasteiger partial charge in [-0.2, -0.15) is 0 Å². The quantitative estimate of drug-likeness (QED) is 0.0272. The van der Waals surface area contributed by atoms with Gasteiger partial charge >= 0.3 is 7.12 Å². The molecular formula is C49H80BN5O8. The summed E-state index contributed by atoms with van der Waals surface area (Å²) < 4.78 is 13.1. The Hall–Kier alpha value is -3.17. The van der Waals surface area contributed by atoms with E-state index in [-0.39, 0.29) is 61.1 Å². The summed E-state index contributed by atoms with van der Waals surface area (Å²) in [5.74, 6) is -1.85. The molecular weight excluding hydrogens is 797 g/mol. The minimum absolute atomic E-state index is 0.00300. The maximum Gasteiger partial charge on any atom is 0.461 e. The van der Waals surface area contributed by atoms with Gasteiger partial charge in [-0.1, -0.05) is 66.0 Å². The van der Waals surface area contributed by atoms with Gasteiger partial charge in [0.05, 0.1) is 23.9 Å². The van der Waals surface area contributed by atoms with Crippen molar-refractivity contribution in [1.29, 1.82) is 0 Å². The van der Waals surface area contributed by atoms with E-state index in [9.17, 15) is 29.1 Å². The van der Waals surface area contributed by atoms with Gasteiger partial charge in [0.15, 0.2) is 17.3 Å². The SMILES string of the molecule is CCCCC1CCC(c2ccc(C(=O)C[C@@H](CCN)C(=O)N[C@H](C(=O)C[C@@H](C)C(=O)N[C@@H](CCCCN)C(=O)C[C@@H](C)B3OC4C[C@@H]5C[C@@H](C5(C)C)[C@]4(C)O3)[C@@H](C)O)cc2N)CC1. The van der Waals surface area contributed by atoms with Crippen molar-refractivity contribution in [3.05, 3.63) is 29.3 Å². The van der Waals surface area contributed by atoms with Crippen molar-refractivity contribution in [1.82, 2.24) is 10.6 Å². The smallest absolute Gasteiger partial charge is 0.405 e. The zero-order valence-electron chi connectivity index (χ0n) is 39.4. The molecule has 13 nitrogen and oxygen atoms in total. The number of benzene rings is 1. The average Bonchev–Trinajstić information content (AvgIpc) is 3.61. The number of unbranched alkanes of at least 4 members (excludes halogenated alkanes) is 2. The van der Waals surface area contributed by atoms with Gasteiger partial charge in [0.25, 0.3) is 0 Å². The molecule has 0 spiro atoms. The molecule has 2 bridgehead atoms. The molecule has 1 saturated heterocycles. The van der Waals surface area contributed by atoms with E-state index in [4.69, 9.17) is 26.5 Å². The topological polar surface area (TPSA) is 226 Å². The Morgan fingerprint density at radius 3 is 2.21 bits per heavy atom. The molecule has 4 saturated carbocycles. The maximum atomic E-state index is 13.8. The molecule has 9 N–H and O–H groups in total. The summed E-state index contributed by atoms with van der Waals surface area (Å²) in [5, 5.41) is 16.3. The fourth-order valence-electron chi connectivity index (χ4n) is 11.3. The largest absolute Gasteiger partial charge is 0.461 e. The number of ketones is 3. The van der Waals surface area contributed by atoms with Crippen LogP contribution in [0.4, 0.5) is 5.69 Å². The number of amides is 2. The second-order valence-corrected chi connectivity index (χ2v) is 20.7. The van der Waals surface area contributed by atoms with Crippen LogP contribution in [0.15, 0.2) is 18.2 Å². The van der Waals surface area contributed by atoms with E-state index in [1.54, 1.807) is 19.1 Å². The number of carbonyl (C=O) groups excluding carboxylic acids is 5. The van der Waals surface area contributed by atoms with Crippen LogP contribution in [0.25, 0.3) is 0 Å². The number of nitrogen functional groups attached to an aromatic ring is 1. The number of carbonyl (C=O) groups is 5. The van der Waals surface area contributed by atoms with Crippen LogP contribution in [0.3, 0.4) is 0 Å². The summed E-state index contributed by atoms with van der Waals surface area (Å²) in [4.78, 5) is 68.4. The average molecular weight is 878 g/mol. The molecule has 1 aromatic rings. The van der Waals surface area contributed by atoms with Crippen molar-refractivity contribution in [3.63, 3.8) is 0 Å². The predicted molar refractivity (Wildman–Crippen MR) is 248 cm³/mol. The highest BCUT2D eigenvalue weighted by molar-refractivity contribution is 6.47. The Balaban J connectivity index is 1.14. The van der Waals surface area contributed by atoms with Crippen LogP contribution in [0.2, 0.25) is 5.82 Å². The second kappa shape index (κ2) is 22.4.